The van der Waals surface area contributed by atoms with Gasteiger partial charge in [-0.3, -0.25) is 9.59 Å². The number of nitrogens with zero attached hydrogens (tertiary/aromatic N) is 8. The maximum absolute atomic E-state index is 14.9. The van der Waals surface area contributed by atoms with Crippen LogP contribution in [0.2, 0.25) is 0 Å². The van der Waals surface area contributed by atoms with Crippen molar-refractivity contribution in [2.75, 3.05) is 52.4 Å². The number of amides is 2. The molecule has 0 spiro atoms. The molecule has 2 amide bonds. The molecule has 12 nitrogen and oxygen atoms in total. The maximum atomic E-state index is 14.9. The number of carbonyl (C=O) groups is 2. The van der Waals surface area contributed by atoms with Crippen molar-refractivity contribution in [3.8, 4) is 22.3 Å². The van der Waals surface area contributed by atoms with Gasteiger partial charge in [-0.2, -0.15) is 30.8 Å². The van der Waals surface area contributed by atoms with E-state index >= 15 is 0 Å². The molecule has 0 unspecified atom stereocenters. The molecule has 2 saturated heterocycles. The van der Waals surface area contributed by atoms with Gasteiger partial charge in [-0.05, 0) is 159 Å². The molecule has 70 heavy (non-hydrogen) atoms. The fourth-order valence-corrected chi connectivity index (χ4v) is 8.84. The van der Waals surface area contributed by atoms with E-state index in [1.165, 1.54) is 35.9 Å². The lowest BCUT2D eigenvalue weighted by atomic mass is 10.0. The molecule has 2 N–H and O–H groups in total. The first-order valence-corrected chi connectivity index (χ1v) is 22.9. The molecule has 0 atom stereocenters. The zero-order chi connectivity index (χ0) is 47.0. The highest BCUT2D eigenvalue weighted by atomic mass is 35.5. The Morgan fingerprint density at radius 1 is 0.500 bits per heavy atom. The fourth-order valence-electron chi connectivity index (χ4n) is 8.84. The van der Waals surface area contributed by atoms with Crippen molar-refractivity contribution in [1.29, 1.82) is 0 Å². The minimum absolute atomic E-state index is 0. The number of carbonyl (C=O) groups excluding carboxylic acids is 2. The molecule has 10 rings (SSSR count). The van der Waals surface area contributed by atoms with Gasteiger partial charge in [0, 0.05) is 56.5 Å². The van der Waals surface area contributed by atoms with Gasteiger partial charge in [0.2, 0.25) is 0 Å². The van der Waals surface area contributed by atoms with E-state index in [1.807, 2.05) is 53.4 Å². The average Bonchev–Trinajstić information content (AvgIpc) is 4.22. The number of likely N-dealkylation sites (tertiary alicyclic amines) is 2. The van der Waals surface area contributed by atoms with Crippen molar-refractivity contribution >= 4 is 58.7 Å². The Balaban J connectivity index is 0.000000201. The van der Waals surface area contributed by atoms with Crippen LogP contribution < -0.4 is 0 Å². The van der Waals surface area contributed by atoms with Crippen LogP contribution in [0.4, 0.5) is 17.6 Å². The summed E-state index contributed by atoms with van der Waals surface area (Å²) in [6, 6.07) is 33.1. The summed E-state index contributed by atoms with van der Waals surface area (Å²) in [5.74, 6) is -3.18. The highest BCUT2D eigenvalue weighted by Crippen LogP contribution is 2.27. The number of nitrogens with one attached hydrogen (secondary N) is 2. The molecule has 18 heteroatoms. The van der Waals surface area contributed by atoms with Crippen molar-refractivity contribution < 1.29 is 27.2 Å². The molecule has 2 fully saturated rings. The number of hydrogen-bond donors (Lipinski definition) is 2. The van der Waals surface area contributed by atoms with Crippen LogP contribution >= 0.6 is 24.8 Å². The summed E-state index contributed by atoms with van der Waals surface area (Å²) in [5.41, 5.74) is 8.36. The van der Waals surface area contributed by atoms with Gasteiger partial charge in [-0.25, -0.2) is 17.6 Å². The molecule has 2 aromatic heterocycles. The quantitative estimate of drug-likeness (QED) is 0.103. The lowest BCUT2D eigenvalue weighted by molar-refractivity contribution is 0.0716. The number of hydrogen-bond acceptors (Lipinski definition) is 8. The highest BCUT2D eigenvalue weighted by molar-refractivity contribution is 5.95. The number of rotatable bonds is 14. The normalized spacial score (nSPS) is 13.7. The number of fused-ring (bicyclic) bond motifs is 2. The molecule has 2 aliphatic heterocycles. The van der Waals surface area contributed by atoms with Crippen LogP contribution in [0.3, 0.4) is 0 Å². The Morgan fingerprint density at radius 3 is 1.60 bits per heavy atom. The molecule has 4 heterocycles. The number of H-pyrrole nitrogens is 2. The Bertz CT molecular complexity index is 3030. The van der Waals surface area contributed by atoms with Gasteiger partial charge >= 0.3 is 0 Å². The van der Waals surface area contributed by atoms with Gasteiger partial charge in [0.25, 0.3) is 11.8 Å². The first kappa shape index (κ1) is 51.1. The second-order valence-electron chi connectivity index (χ2n) is 17.2. The van der Waals surface area contributed by atoms with Gasteiger partial charge in [0.1, 0.15) is 45.3 Å². The zero-order valence-electron chi connectivity index (χ0n) is 38.2. The van der Waals surface area contributed by atoms with Crippen molar-refractivity contribution in [1.82, 2.24) is 50.4 Å². The van der Waals surface area contributed by atoms with E-state index in [4.69, 9.17) is 0 Å². The van der Waals surface area contributed by atoms with Crippen molar-refractivity contribution in [2.45, 2.75) is 38.8 Å². The van der Waals surface area contributed by atoms with E-state index < -0.39 is 23.4 Å². The van der Waals surface area contributed by atoms with E-state index in [0.717, 1.165) is 102 Å². The fraction of sp³-hybridized carbons (Fsp3) is 0.269. The number of benzene rings is 6. The summed E-state index contributed by atoms with van der Waals surface area (Å²) in [4.78, 5) is 34.5. The number of aromatic nitrogens is 6. The average molecular weight is 996 g/mol. The summed E-state index contributed by atoms with van der Waals surface area (Å²) < 4.78 is 56.1. The van der Waals surface area contributed by atoms with Crippen LogP contribution in [0.25, 0.3) is 44.3 Å². The van der Waals surface area contributed by atoms with Crippen LogP contribution in [0, 0.1) is 23.3 Å². The van der Waals surface area contributed by atoms with E-state index in [-0.39, 0.29) is 48.6 Å². The lowest BCUT2D eigenvalue weighted by Gasteiger charge is -2.26. The summed E-state index contributed by atoms with van der Waals surface area (Å²) in [6.07, 6.45) is 4.60. The Hall–Kier alpha value is -6.72. The van der Waals surface area contributed by atoms with Crippen molar-refractivity contribution in [3.05, 3.63) is 167 Å². The minimum Gasteiger partial charge on any atom is -0.333 e. The van der Waals surface area contributed by atoms with Gasteiger partial charge in [-0.15, -0.1) is 24.8 Å². The molecule has 0 bridgehead atoms. The van der Waals surface area contributed by atoms with E-state index in [0.29, 0.717) is 48.9 Å². The minimum atomic E-state index is -0.934. The second-order valence-corrected chi connectivity index (χ2v) is 17.2. The Labute approximate surface area is 414 Å². The topological polar surface area (TPSA) is 130 Å². The molecular formula is C52H52Cl2F4N10O2. The SMILES string of the molecule is Cl.Cl.O=C(c1ccc(F)cc1)N(CCN1CCCC1)Cc1cccc(-c2ccc3n[nH]nc3c2)c1.O=C(c1ccc(F)cc1F)N(CCN1CCCC1)Cc1cc(-c2ccc3n[nH]nc3c2)ccc1F. The van der Waals surface area contributed by atoms with Gasteiger partial charge in [-0.1, -0.05) is 36.4 Å². The zero-order valence-corrected chi connectivity index (χ0v) is 39.8. The van der Waals surface area contributed by atoms with Crippen LogP contribution in [0.5, 0.6) is 0 Å². The van der Waals surface area contributed by atoms with E-state index in [2.05, 4.69) is 52.8 Å². The molecule has 0 radical (unpaired) electrons. The van der Waals surface area contributed by atoms with Gasteiger partial charge in [0.15, 0.2) is 0 Å². The molecule has 0 saturated carbocycles. The summed E-state index contributed by atoms with van der Waals surface area (Å²) in [6.45, 7) is 6.84. The van der Waals surface area contributed by atoms with E-state index in [9.17, 15) is 27.2 Å². The highest BCUT2D eigenvalue weighted by Gasteiger charge is 2.24. The third kappa shape index (κ3) is 12.5. The molecule has 6 aromatic carbocycles. The van der Waals surface area contributed by atoms with Crippen molar-refractivity contribution in [3.63, 3.8) is 0 Å². The first-order chi connectivity index (χ1) is 33.1. The third-order valence-corrected chi connectivity index (χ3v) is 12.6. The van der Waals surface area contributed by atoms with Gasteiger partial charge < -0.3 is 19.6 Å². The largest absolute Gasteiger partial charge is 0.333 e. The molecule has 2 aliphatic rings. The maximum Gasteiger partial charge on any atom is 0.257 e. The summed E-state index contributed by atoms with van der Waals surface area (Å²) in [5, 5.41) is 21.7. The molecule has 0 aliphatic carbocycles. The molecule has 8 aromatic rings. The monoisotopic (exact) mass is 994 g/mol. The van der Waals surface area contributed by atoms with E-state index in [1.54, 1.807) is 24.3 Å². The summed E-state index contributed by atoms with van der Waals surface area (Å²) >= 11 is 0. The number of aromatic amines is 2. The third-order valence-electron chi connectivity index (χ3n) is 12.6. The lowest BCUT2D eigenvalue weighted by Crippen LogP contribution is -2.38. The van der Waals surface area contributed by atoms with Crippen LogP contribution in [-0.2, 0) is 13.1 Å². The summed E-state index contributed by atoms with van der Waals surface area (Å²) in [7, 11) is 0. The predicted molar refractivity (Wildman–Crippen MR) is 267 cm³/mol. The molecular weight excluding hydrogens is 944 g/mol. The second kappa shape index (κ2) is 23.7. The van der Waals surface area contributed by atoms with Gasteiger partial charge in [0.05, 0.1) is 5.56 Å². The predicted octanol–water partition coefficient (Wildman–Crippen LogP) is 10.1. The number of halogens is 6. The van der Waals surface area contributed by atoms with Crippen molar-refractivity contribution in [2.24, 2.45) is 0 Å². The Morgan fingerprint density at radius 2 is 1.01 bits per heavy atom. The molecule has 364 valence electrons. The van der Waals surface area contributed by atoms with Crippen LogP contribution in [0.1, 0.15) is 57.5 Å². The van der Waals surface area contributed by atoms with Crippen LogP contribution in [0.15, 0.2) is 121 Å². The smallest absolute Gasteiger partial charge is 0.257 e. The van der Waals surface area contributed by atoms with Crippen LogP contribution in [-0.4, -0.2) is 115 Å². The first-order valence-electron chi connectivity index (χ1n) is 22.9. The Kier molecular flexibility index (Phi) is 17.3. The standard InChI is InChI=1S/C26H24F3N5O.C26H26FN5O.2ClH/c27-20-5-6-21(23(29)15-20)26(35)34(12-11-33-9-1-2-10-33)16-19-13-17(3-7-22(19)28)18-4-8-24-25(14-18)31-32-30-24;27-23-9-6-20(7-10-23)26(33)32(15-14-31-12-1-2-13-31)18-19-4-3-5-21(16-19)22-8-11-24-25(17-22)29-30-28-24;;/h3-8,13-15H,1-2,9-12,16H2,(H,30,31,32);3-11,16-17H,1-2,12-15,18H2,(H,28,29,30);2*1H.